The summed E-state index contributed by atoms with van der Waals surface area (Å²) in [5.74, 6) is 0. The van der Waals surface area contributed by atoms with Gasteiger partial charge in [-0.3, -0.25) is 0 Å². The molecule has 0 bridgehead atoms. The standard InChI is InChI=1S/C62H39N/c1-2-17-43(18-3-1)63-58-32-15-8-23-49(58)50-39-42(37-38-59(50)63)40-33-35-41(36-34-40)44-24-16-31-57-60(44)62(53-27-11-6-21-47(53)48-22-7-12-28-54(48)62)56-30-14-13-29-55(56)61(57)51-25-9-4-19-45(51)46-20-5-10-26-52(46)61/h1-39H. The molecule has 0 aliphatic heterocycles. The predicted octanol–water partition coefficient (Wildman–Crippen LogP) is 15.2. The highest BCUT2D eigenvalue weighted by Gasteiger charge is 2.59. The second kappa shape index (κ2) is 12.8. The second-order valence-electron chi connectivity index (χ2n) is 17.5. The van der Waals surface area contributed by atoms with Crippen LogP contribution >= 0.6 is 0 Å². The number of hydrogen-bond donors (Lipinski definition) is 0. The number of rotatable bonds is 3. The summed E-state index contributed by atoms with van der Waals surface area (Å²) < 4.78 is 2.39. The van der Waals surface area contributed by atoms with E-state index in [1.807, 2.05) is 0 Å². The van der Waals surface area contributed by atoms with E-state index in [1.54, 1.807) is 0 Å². The number of hydrogen-bond acceptors (Lipinski definition) is 0. The molecule has 3 aliphatic rings. The highest BCUT2D eigenvalue weighted by atomic mass is 15.0. The monoisotopic (exact) mass is 797 g/mol. The summed E-state index contributed by atoms with van der Waals surface area (Å²) in [5, 5.41) is 2.52. The normalized spacial score (nSPS) is 14.3. The molecule has 0 amide bonds. The molecule has 1 aromatic heterocycles. The van der Waals surface area contributed by atoms with Crippen LogP contribution in [-0.2, 0) is 10.8 Å². The average Bonchev–Trinajstić information content (AvgIpc) is 3.96. The fraction of sp³-hybridized carbons (Fsp3) is 0.0323. The molecule has 3 aliphatic carbocycles. The van der Waals surface area contributed by atoms with Gasteiger partial charge < -0.3 is 4.57 Å². The van der Waals surface area contributed by atoms with Crippen molar-refractivity contribution < 1.29 is 0 Å². The Hall–Kier alpha value is -8.00. The van der Waals surface area contributed by atoms with E-state index < -0.39 is 10.8 Å². The molecule has 0 saturated carbocycles. The molecule has 292 valence electrons. The minimum atomic E-state index is -0.551. The van der Waals surface area contributed by atoms with E-state index in [1.165, 1.54) is 117 Å². The number of fused-ring (bicyclic) bond motifs is 19. The van der Waals surface area contributed by atoms with Gasteiger partial charge >= 0.3 is 0 Å². The largest absolute Gasteiger partial charge is 0.309 e. The first-order chi connectivity index (χ1) is 31.3. The van der Waals surface area contributed by atoms with Crippen molar-refractivity contribution in [2.24, 2.45) is 0 Å². The molecule has 0 fully saturated rings. The molecule has 1 nitrogen and oxygen atoms in total. The number of benzene rings is 10. The quantitative estimate of drug-likeness (QED) is 0.168. The summed E-state index contributed by atoms with van der Waals surface area (Å²) in [6, 6.07) is 89.1. The van der Waals surface area contributed by atoms with E-state index in [0.29, 0.717) is 0 Å². The molecule has 1 heterocycles. The third-order valence-electron chi connectivity index (χ3n) is 14.7. The van der Waals surface area contributed by atoms with Crippen LogP contribution in [0.3, 0.4) is 0 Å². The van der Waals surface area contributed by atoms with Gasteiger partial charge in [0.25, 0.3) is 0 Å². The Kier molecular flexibility index (Phi) is 7.03. The Morgan fingerprint density at radius 1 is 0.254 bits per heavy atom. The molecule has 0 atom stereocenters. The Balaban J connectivity index is 1.03. The first-order valence-electron chi connectivity index (χ1n) is 22.1. The van der Waals surface area contributed by atoms with Gasteiger partial charge in [0.05, 0.1) is 21.9 Å². The van der Waals surface area contributed by atoms with Crippen LogP contribution < -0.4 is 0 Å². The molecule has 11 aromatic rings. The lowest BCUT2D eigenvalue weighted by molar-refractivity contribution is 0.634. The zero-order valence-corrected chi connectivity index (χ0v) is 34.5. The fourth-order valence-electron chi connectivity index (χ4n) is 12.4. The third-order valence-corrected chi connectivity index (χ3v) is 14.7. The molecular formula is C62H39N. The van der Waals surface area contributed by atoms with Crippen LogP contribution in [0.5, 0.6) is 0 Å². The first-order valence-corrected chi connectivity index (χ1v) is 22.1. The van der Waals surface area contributed by atoms with E-state index in [-0.39, 0.29) is 0 Å². The summed E-state index contributed by atoms with van der Waals surface area (Å²) >= 11 is 0. The smallest absolute Gasteiger partial charge is 0.0725 e. The van der Waals surface area contributed by atoms with Gasteiger partial charge in [0.15, 0.2) is 0 Å². The van der Waals surface area contributed by atoms with E-state index in [0.717, 1.165) is 0 Å². The van der Waals surface area contributed by atoms with Crippen molar-refractivity contribution >= 4 is 21.8 Å². The van der Waals surface area contributed by atoms with Crippen LogP contribution in [0.15, 0.2) is 237 Å². The van der Waals surface area contributed by atoms with Gasteiger partial charge in [-0.25, -0.2) is 0 Å². The van der Waals surface area contributed by atoms with Crippen LogP contribution in [0.4, 0.5) is 0 Å². The van der Waals surface area contributed by atoms with Crippen molar-refractivity contribution in [1.82, 2.24) is 4.57 Å². The molecule has 10 aromatic carbocycles. The Morgan fingerprint density at radius 3 is 1.30 bits per heavy atom. The zero-order chi connectivity index (χ0) is 41.3. The van der Waals surface area contributed by atoms with Crippen molar-refractivity contribution in [3.05, 3.63) is 281 Å². The first kappa shape index (κ1) is 34.7. The van der Waals surface area contributed by atoms with Gasteiger partial charge in [0.2, 0.25) is 0 Å². The van der Waals surface area contributed by atoms with Crippen molar-refractivity contribution in [3.63, 3.8) is 0 Å². The molecule has 63 heavy (non-hydrogen) atoms. The number of aromatic nitrogens is 1. The maximum absolute atomic E-state index is 2.45. The van der Waals surface area contributed by atoms with Gasteiger partial charge in [-0.05, 0) is 119 Å². The highest BCUT2D eigenvalue weighted by molar-refractivity contribution is 6.10. The lowest BCUT2D eigenvalue weighted by Gasteiger charge is -2.49. The Morgan fingerprint density at radius 2 is 0.683 bits per heavy atom. The summed E-state index contributed by atoms with van der Waals surface area (Å²) in [7, 11) is 0. The van der Waals surface area contributed by atoms with Crippen molar-refractivity contribution in [3.8, 4) is 50.2 Å². The number of para-hydroxylation sites is 2. The molecule has 1 heteroatoms. The topological polar surface area (TPSA) is 4.93 Å². The summed E-state index contributed by atoms with van der Waals surface area (Å²) in [6.07, 6.45) is 0. The van der Waals surface area contributed by atoms with E-state index in [2.05, 4.69) is 241 Å². The molecule has 14 rings (SSSR count). The van der Waals surface area contributed by atoms with Crippen LogP contribution in [0.1, 0.15) is 44.5 Å². The van der Waals surface area contributed by atoms with Crippen LogP contribution in [0, 0.1) is 0 Å². The highest BCUT2D eigenvalue weighted by Crippen LogP contribution is 2.68. The average molecular weight is 798 g/mol. The van der Waals surface area contributed by atoms with Crippen LogP contribution in [0.2, 0.25) is 0 Å². The van der Waals surface area contributed by atoms with Crippen molar-refractivity contribution in [2.75, 3.05) is 0 Å². The van der Waals surface area contributed by atoms with Gasteiger partial charge in [-0.2, -0.15) is 0 Å². The maximum atomic E-state index is 2.45. The molecule has 0 N–H and O–H groups in total. The third kappa shape index (κ3) is 4.36. The SMILES string of the molecule is c1ccc(-n2c3ccccc3c3cc(-c4ccc(-c5cccc6c5C5(c7ccccc7-c7ccccc75)c5ccccc5C65c6ccccc6-c6ccccc65)cc4)ccc32)cc1. The predicted molar refractivity (Wildman–Crippen MR) is 260 cm³/mol. The fourth-order valence-corrected chi connectivity index (χ4v) is 12.4. The number of nitrogens with zero attached hydrogens (tertiary/aromatic N) is 1. The van der Waals surface area contributed by atoms with E-state index in [9.17, 15) is 0 Å². The van der Waals surface area contributed by atoms with Crippen molar-refractivity contribution in [2.45, 2.75) is 10.8 Å². The van der Waals surface area contributed by atoms with E-state index >= 15 is 0 Å². The summed E-state index contributed by atoms with van der Waals surface area (Å²) in [6.45, 7) is 0. The van der Waals surface area contributed by atoms with Gasteiger partial charge in [-0.1, -0.05) is 206 Å². The molecule has 0 unspecified atom stereocenters. The zero-order valence-electron chi connectivity index (χ0n) is 34.5. The Labute approximate surface area is 366 Å². The molecule has 0 saturated heterocycles. The van der Waals surface area contributed by atoms with Crippen LogP contribution in [-0.4, -0.2) is 4.57 Å². The lowest BCUT2D eigenvalue weighted by Crippen LogP contribution is -2.44. The van der Waals surface area contributed by atoms with Gasteiger partial charge in [0, 0.05) is 16.5 Å². The lowest BCUT2D eigenvalue weighted by atomic mass is 9.51. The van der Waals surface area contributed by atoms with Gasteiger partial charge in [0.1, 0.15) is 0 Å². The van der Waals surface area contributed by atoms with Crippen LogP contribution in [0.25, 0.3) is 72.0 Å². The molecule has 2 spiro atoms. The summed E-state index contributed by atoms with van der Waals surface area (Å²) in [4.78, 5) is 0. The minimum Gasteiger partial charge on any atom is -0.309 e. The summed E-state index contributed by atoms with van der Waals surface area (Å²) in [5.41, 5.74) is 23.5. The molecule has 0 radical (unpaired) electrons. The van der Waals surface area contributed by atoms with Crippen molar-refractivity contribution in [1.29, 1.82) is 0 Å². The Bertz CT molecular complexity index is 3590. The molecular weight excluding hydrogens is 759 g/mol. The van der Waals surface area contributed by atoms with E-state index in [4.69, 9.17) is 0 Å². The second-order valence-corrected chi connectivity index (χ2v) is 17.5. The van der Waals surface area contributed by atoms with Gasteiger partial charge in [-0.15, -0.1) is 0 Å². The maximum Gasteiger partial charge on any atom is 0.0725 e. The minimum absolute atomic E-state index is 0.513.